The van der Waals surface area contributed by atoms with Gasteiger partial charge >= 0.3 is 0 Å². The summed E-state index contributed by atoms with van der Waals surface area (Å²) in [5.74, 6) is 0.431. The third kappa shape index (κ3) is 4.26. The number of nitrogens with zero attached hydrogens (tertiary/aromatic N) is 4. The minimum absolute atomic E-state index is 0.0527. The summed E-state index contributed by atoms with van der Waals surface area (Å²) in [6.07, 6.45) is 0. The van der Waals surface area contributed by atoms with Crippen LogP contribution in [-0.2, 0) is 0 Å². The summed E-state index contributed by atoms with van der Waals surface area (Å²) in [7, 11) is 0. The highest BCUT2D eigenvalue weighted by molar-refractivity contribution is 6.11. The van der Waals surface area contributed by atoms with Gasteiger partial charge in [0.05, 0.1) is 23.5 Å². The molecule has 0 bridgehead atoms. The van der Waals surface area contributed by atoms with Crippen LogP contribution in [0.3, 0.4) is 0 Å². The van der Waals surface area contributed by atoms with Crippen molar-refractivity contribution in [3.63, 3.8) is 0 Å². The van der Waals surface area contributed by atoms with Gasteiger partial charge in [0.25, 0.3) is 0 Å². The normalized spacial score (nSPS) is 13.3. The zero-order chi connectivity index (χ0) is 37.8. The fraction of sp³-hybridized carbons (Fsp3) is 0. The van der Waals surface area contributed by atoms with Gasteiger partial charge in [-0.15, -0.1) is 0 Å². The molecule has 0 aliphatic carbocycles. The summed E-state index contributed by atoms with van der Waals surface area (Å²) in [6.45, 7) is 0. The molecule has 4 aromatic heterocycles. The molecule has 6 heteroatoms. The average Bonchev–Trinajstić information content (AvgIpc) is 3.91. The lowest BCUT2D eigenvalue weighted by Gasteiger charge is -2.09. The smallest absolute Gasteiger partial charge is 0.167 e. The van der Waals surface area contributed by atoms with Crippen molar-refractivity contribution in [1.29, 1.82) is 0 Å². The van der Waals surface area contributed by atoms with E-state index < -0.39 is 30.2 Å². The Morgan fingerprint density at radius 3 is 1.90 bits per heavy atom. The van der Waals surface area contributed by atoms with Gasteiger partial charge in [-0.3, -0.25) is 0 Å². The Bertz CT molecular complexity index is 3380. The van der Waals surface area contributed by atoms with Crippen LogP contribution in [0.5, 0.6) is 0 Å². The van der Waals surface area contributed by atoms with Crippen molar-refractivity contribution in [2.45, 2.75) is 0 Å². The second kappa shape index (κ2) is 10.7. The molecule has 0 saturated carbocycles. The number of hydrogen-bond donors (Lipinski definition) is 0. The summed E-state index contributed by atoms with van der Waals surface area (Å²) >= 11 is 0. The van der Waals surface area contributed by atoms with Gasteiger partial charge in [-0.05, 0) is 54.6 Å². The summed E-state index contributed by atoms with van der Waals surface area (Å²) in [5, 5.41) is 5.90. The van der Waals surface area contributed by atoms with Crippen molar-refractivity contribution >= 4 is 65.7 Å². The number of benzene rings is 7. The van der Waals surface area contributed by atoms with E-state index in [0.717, 1.165) is 38.3 Å². The molecule has 0 N–H and O–H groups in total. The molecule has 0 fully saturated rings. The number of furan rings is 2. The van der Waals surface area contributed by atoms with Crippen LogP contribution in [0.15, 0.2) is 166 Å². The van der Waals surface area contributed by atoms with Crippen LogP contribution >= 0.6 is 0 Å². The first-order chi connectivity index (χ1) is 27.3. The first-order valence-corrected chi connectivity index (χ1v) is 16.5. The van der Waals surface area contributed by atoms with Crippen LogP contribution in [0.2, 0.25) is 0 Å². The highest BCUT2D eigenvalue weighted by Gasteiger charge is 2.19. The summed E-state index contributed by atoms with van der Waals surface area (Å²) in [6, 6.07) is 39.8. The minimum atomic E-state index is -0.496. The van der Waals surface area contributed by atoms with Crippen molar-refractivity contribution < 1.29 is 15.7 Å². The average molecular weight is 660 g/mol. The zero-order valence-electron chi connectivity index (χ0n) is 31.7. The maximum atomic E-state index is 8.76. The quantitative estimate of drug-likeness (QED) is 0.188. The first kappa shape index (κ1) is 23.3. The van der Waals surface area contributed by atoms with E-state index >= 15 is 0 Å². The van der Waals surface area contributed by atoms with Crippen LogP contribution in [0.25, 0.3) is 106 Å². The second-order valence-corrected chi connectivity index (χ2v) is 12.4. The molecule has 7 aromatic carbocycles. The predicted octanol–water partition coefficient (Wildman–Crippen LogP) is 11.8. The summed E-state index contributed by atoms with van der Waals surface area (Å²) in [4.78, 5) is 14.5. The standard InChI is InChI=1S/C45H26N4O2/c1-2-11-27(12-3-1)43-46-44(48-45(47-43)35-17-10-16-34-32-15-6-9-20-39(32)51-42(34)35)28-21-24-40-36(25-28)33-23-22-29(26-41(33)50-40)49-37-18-7-4-13-30(37)31-14-5-8-19-38(31)49/h1-26H/i1D,2D,3D,11D,12D. The monoisotopic (exact) mass is 659 g/mol. The summed E-state index contributed by atoms with van der Waals surface area (Å²) in [5.41, 5.74) is 6.91. The summed E-state index contributed by atoms with van der Waals surface area (Å²) < 4.78 is 57.5. The molecule has 11 rings (SSSR count). The van der Waals surface area contributed by atoms with Crippen LogP contribution in [-0.4, -0.2) is 19.5 Å². The molecule has 6 nitrogen and oxygen atoms in total. The molecule has 0 radical (unpaired) electrons. The third-order valence-electron chi connectivity index (χ3n) is 9.56. The van der Waals surface area contributed by atoms with Gasteiger partial charge in [0.1, 0.15) is 22.3 Å². The molecule has 0 saturated heterocycles. The van der Waals surface area contributed by atoms with Crippen LogP contribution in [0.1, 0.15) is 6.85 Å². The first-order valence-electron chi connectivity index (χ1n) is 19.0. The molecule has 51 heavy (non-hydrogen) atoms. The van der Waals surface area contributed by atoms with E-state index in [1.54, 1.807) is 0 Å². The Morgan fingerprint density at radius 1 is 0.451 bits per heavy atom. The lowest BCUT2D eigenvalue weighted by Crippen LogP contribution is -2.00. The number of aromatic nitrogens is 4. The molecule has 0 aliphatic rings. The lowest BCUT2D eigenvalue weighted by molar-refractivity contribution is 0.668. The zero-order valence-corrected chi connectivity index (χ0v) is 26.7. The highest BCUT2D eigenvalue weighted by atomic mass is 16.3. The Morgan fingerprint density at radius 2 is 1.10 bits per heavy atom. The topological polar surface area (TPSA) is 69.9 Å². The van der Waals surface area contributed by atoms with Crippen molar-refractivity contribution in [2.24, 2.45) is 0 Å². The highest BCUT2D eigenvalue weighted by Crippen LogP contribution is 2.38. The molecular formula is C45H26N4O2. The predicted molar refractivity (Wildman–Crippen MR) is 205 cm³/mol. The van der Waals surface area contributed by atoms with E-state index in [1.165, 1.54) is 10.8 Å². The van der Waals surface area contributed by atoms with Gasteiger partial charge in [0.15, 0.2) is 17.5 Å². The van der Waals surface area contributed by atoms with Gasteiger partial charge in [0, 0.05) is 55.2 Å². The van der Waals surface area contributed by atoms with Crippen molar-refractivity contribution in [3.05, 3.63) is 158 Å². The number of rotatable bonds is 4. The van der Waals surface area contributed by atoms with Gasteiger partial charge in [-0.2, -0.15) is 0 Å². The SMILES string of the molecule is [2H]c1c([2H])c([2H])c(-c2nc(-c3ccc4oc5cc(-n6c7ccccc7c7ccccc76)ccc5c4c3)nc(-c3cccc4c3oc3ccccc34)n2)c([2H])c1[2H]. The Hall–Kier alpha value is -7.05. The van der Waals surface area contributed by atoms with Gasteiger partial charge < -0.3 is 13.4 Å². The van der Waals surface area contributed by atoms with E-state index in [1.807, 2.05) is 72.8 Å². The maximum absolute atomic E-state index is 8.76. The fourth-order valence-corrected chi connectivity index (χ4v) is 7.27. The molecule has 0 amide bonds. The molecule has 0 atom stereocenters. The van der Waals surface area contributed by atoms with E-state index in [4.69, 9.17) is 30.6 Å². The van der Waals surface area contributed by atoms with Crippen LogP contribution in [0.4, 0.5) is 0 Å². The Labute approximate surface area is 297 Å². The molecule has 238 valence electrons. The molecule has 0 unspecified atom stereocenters. The number of hydrogen-bond acceptors (Lipinski definition) is 5. The van der Waals surface area contributed by atoms with Crippen LogP contribution < -0.4 is 0 Å². The molecular weight excluding hydrogens is 629 g/mol. The van der Waals surface area contributed by atoms with Gasteiger partial charge in [-0.1, -0.05) is 96.9 Å². The Kier molecular flexibility index (Phi) is 4.91. The lowest BCUT2D eigenvalue weighted by atomic mass is 10.1. The van der Waals surface area contributed by atoms with E-state index in [2.05, 4.69) is 59.2 Å². The van der Waals surface area contributed by atoms with Crippen molar-refractivity contribution in [2.75, 3.05) is 0 Å². The molecule has 4 heterocycles. The maximum Gasteiger partial charge on any atom is 0.167 e. The van der Waals surface area contributed by atoms with Gasteiger partial charge in [0.2, 0.25) is 0 Å². The van der Waals surface area contributed by atoms with Crippen molar-refractivity contribution in [3.8, 4) is 39.9 Å². The fourth-order valence-electron chi connectivity index (χ4n) is 7.27. The largest absolute Gasteiger partial charge is 0.456 e. The molecule has 0 spiro atoms. The number of fused-ring (bicyclic) bond motifs is 9. The van der Waals surface area contributed by atoms with E-state index in [0.29, 0.717) is 33.5 Å². The Balaban J connectivity index is 1.11. The van der Waals surface area contributed by atoms with Gasteiger partial charge in [-0.25, -0.2) is 15.0 Å². The minimum Gasteiger partial charge on any atom is -0.456 e. The van der Waals surface area contributed by atoms with E-state index in [9.17, 15) is 0 Å². The van der Waals surface area contributed by atoms with E-state index in [-0.39, 0.29) is 23.0 Å². The third-order valence-corrected chi connectivity index (χ3v) is 9.56. The van der Waals surface area contributed by atoms with Crippen molar-refractivity contribution in [1.82, 2.24) is 19.5 Å². The molecule has 11 aromatic rings. The second-order valence-electron chi connectivity index (χ2n) is 12.4. The number of para-hydroxylation sites is 4. The van der Waals surface area contributed by atoms with Crippen LogP contribution in [0, 0.1) is 0 Å². The molecule has 0 aliphatic heterocycles.